The van der Waals surface area contributed by atoms with Crippen molar-refractivity contribution in [2.45, 2.75) is 13.8 Å². The van der Waals surface area contributed by atoms with Gasteiger partial charge in [0.15, 0.2) is 0 Å². The smallest absolute Gasteiger partial charge is 0.394 e. The van der Waals surface area contributed by atoms with Crippen LogP contribution in [0.25, 0.3) is 12.2 Å². The van der Waals surface area contributed by atoms with Gasteiger partial charge in [-0.25, -0.2) is 0 Å². The van der Waals surface area contributed by atoms with Crippen LogP contribution >= 0.6 is 0 Å². The molecule has 0 aromatic heterocycles. The summed E-state index contributed by atoms with van der Waals surface area (Å²) in [5.41, 5.74) is 2.17. The molecule has 128 valence electrons. The molecular formula is C18H20O5S. The fourth-order valence-corrected chi connectivity index (χ4v) is 1.90. The Morgan fingerprint density at radius 1 is 0.792 bits per heavy atom. The van der Waals surface area contributed by atoms with Crippen LogP contribution in [-0.4, -0.2) is 17.5 Å². The number of hydrogen-bond acceptors (Lipinski definition) is 3. The van der Waals surface area contributed by atoms with Crippen molar-refractivity contribution in [1.29, 1.82) is 0 Å². The maximum atomic E-state index is 8.74. The highest BCUT2D eigenvalue weighted by Crippen LogP contribution is 2.29. The van der Waals surface area contributed by atoms with E-state index in [4.69, 9.17) is 22.3 Å². The first-order chi connectivity index (χ1) is 11.3. The Labute approximate surface area is 142 Å². The molecule has 2 N–H and O–H groups in total. The quantitative estimate of drug-likeness (QED) is 0.768. The second-order valence-electron chi connectivity index (χ2n) is 4.63. The van der Waals surface area contributed by atoms with Gasteiger partial charge in [-0.15, -0.1) is 0 Å². The van der Waals surface area contributed by atoms with Gasteiger partial charge in [0.2, 0.25) is 0 Å². The average Bonchev–Trinajstić information content (AvgIpc) is 2.50. The van der Waals surface area contributed by atoms with Crippen LogP contribution in [0.2, 0.25) is 0 Å². The average molecular weight is 348 g/mol. The molecule has 0 aliphatic carbocycles. The number of allylic oxidation sites excluding steroid dienone is 2. The monoisotopic (exact) mass is 348 g/mol. The van der Waals surface area contributed by atoms with Gasteiger partial charge >= 0.3 is 10.4 Å². The minimum absolute atomic E-state index is 0.873. The van der Waals surface area contributed by atoms with Crippen LogP contribution < -0.4 is 4.74 Å². The first-order valence-corrected chi connectivity index (χ1v) is 8.56. The van der Waals surface area contributed by atoms with E-state index in [0.717, 1.165) is 22.6 Å². The predicted molar refractivity (Wildman–Crippen MR) is 96.6 cm³/mol. The molecule has 6 heteroatoms. The topological polar surface area (TPSA) is 83.8 Å². The molecule has 0 heterocycles. The van der Waals surface area contributed by atoms with E-state index in [1.807, 2.05) is 86.7 Å². The van der Waals surface area contributed by atoms with Crippen molar-refractivity contribution in [1.82, 2.24) is 0 Å². The number of benzene rings is 2. The van der Waals surface area contributed by atoms with Crippen LogP contribution in [0.4, 0.5) is 0 Å². The lowest BCUT2D eigenvalue weighted by atomic mass is 10.1. The van der Waals surface area contributed by atoms with Gasteiger partial charge in [-0.05, 0) is 26.0 Å². The summed E-state index contributed by atoms with van der Waals surface area (Å²) >= 11 is 0. The zero-order chi connectivity index (χ0) is 18.0. The van der Waals surface area contributed by atoms with E-state index >= 15 is 0 Å². The van der Waals surface area contributed by atoms with Crippen LogP contribution in [0.3, 0.4) is 0 Å². The summed E-state index contributed by atoms with van der Waals surface area (Å²) in [5.74, 6) is 1.75. The van der Waals surface area contributed by atoms with E-state index in [2.05, 4.69) is 0 Å². The van der Waals surface area contributed by atoms with Crippen LogP contribution in [0.1, 0.15) is 25.0 Å². The lowest BCUT2D eigenvalue weighted by molar-refractivity contribution is 0.381. The number of hydrogen-bond donors (Lipinski definition) is 2. The second kappa shape index (κ2) is 9.67. The van der Waals surface area contributed by atoms with Gasteiger partial charge in [0.1, 0.15) is 11.5 Å². The normalized spacial score (nSPS) is 11.3. The van der Waals surface area contributed by atoms with Gasteiger partial charge in [-0.3, -0.25) is 9.11 Å². The summed E-state index contributed by atoms with van der Waals surface area (Å²) in [7, 11) is -4.67. The Balaban J connectivity index is 0.000000505. The first kappa shape index (κ1) is 19.6. The highest BCUT2D eigenvalue weighted by molar-refractivity contribution is 7.79. The van der Waals surface area contributed by atoms with Gasteiger partial charge in [0, 0.05) is 11.1 Å². The van der Waals surface area contributed by atoms with E-state index in [9.17, 15) is 0 Å². The molecule has 0 aliphatic heterocycles. The third kappa shape index (κ3) is 7.73. The van der Waals surface area contributed by atoms with E-state index in [0.29, 0.717) is 0 Å². The fraction of sp³-hybridized carbons (Fsp3) is 0.111. The Morgan fingerprint density at radius 3 is 1.46 bits per heavy atom. The number of para-hydroxylation sites is 2. The molecule has 5 nitrogen and oxygen atoms in total. The van der Waals surface area contributed by atoms with Gasteiger partial charge in [0.05, 0.1) is 0 Å². The Morgan fingerprint density at radius 2 is 1.12 bits per heavy atom. The first-order valence-electron chi connectivity index (χ1n) is 7.16. The van der Waals surface area contributed by atoms with Gasteiger partial charge in [-0.1, -0.05) is 60.7 Å². The molecule has 2 aromatic rings. The van der Waals surface area contributed by atoms with E-state index in [1.165, 1.54) is 0 Å². The van der Waals surface area contributed by atoms with Gasteiger partial charge < -0.3 is 4.74 Å². The minimum Gasteiger partial charge on any atom is -0.456 e. The highest BCUT2D eigenvalue weighted by atomic mass is 32.3. The Hall–Kier alpha value is -2.41. The van der Waals surface area contributed by atoms with Gasteiger partial charge in [-0.2, -0.15) is 8.42 Å². The van der Waals surface area contributed by atoms with Crippen molar-refractivity contribution < 1.29 is 22.3 Å². The molecule has 2 aromatic carbocycles. The van der Waals surface area contributed by atoms with E-state index < -0.39 is 10.4 Å². The molecule has 0 unspecified atom stereocenters. The van der Waals surface area contributed by atoms with E-state index in [1.54, 1.807) is 0 Å². The molecule has 0 bridgehead atoms. The number of rotatable bonds is 4. The molecule has 0 fully saturated rings. The van der Waals surface area contributed by atoms with Crippen molar-refractivity contribution in [3.05, 3.63) is 71.8 Å². The molecule has 0 spiro atoms. The zero-order valence-electron chi connectivity index (χ0n) is 13.5. The third-order valence-corrected chi connectivity index (χ3v) is 2.75. The van der Waals surface area contributed by atoms with Crippen molar-refractivity contribution in [3.63, 3.8) is 0 Å². The van der Waals surface area contributed by atoms with E-state index in [-0.39, 0.29) is 0 Å². The molecule has 2 rings (SSSR count). The molecule has 0 saturated carbocycles. The minimum atomic E-state index is -4.67. The highest BCUT2D eigenvalue weighted by Gasteiger charge is 2.04. The maximum absolute atomic E-state index is 8.74. The largest absolute Gasteiger partial charge is 0.456 e. The molecular weight excluding hydrogens is 328 g/mol. The molecule has 24 heavy (non-hydrogen) atoms. The van der Waals surface area contributed by atoms with Crippen LogP contribution in [0.15, 0.2) is 60.7 Å². The summed E-state index contributed by atoms with van der Waals surface area (Å²) in [6, 6.07) is 16.1. The second-order valence-corrected chi connectivity index (χ2v) is 5.52. The standard InChI is InChI=1S/C18H18O.H2O4S/c1-3-9-15-11-5-7-13-17(15)19-18-14-8-6-12-16(18)10-4-2;1-5(2,3)4/h3-14H,1-2H3;(H2,1,2,3,4). The summed E-state index contributed by atoms with van der Waals surface area (Å²) in [6.45, 7) is 4.01. The SMILES string of the molecule is CC=Cc1ccccc1Oc1ccccc1C=CC.O=S(=O)(O)O. The molecule has 0 aliphatic rings. The molecule has 0 atom stereocenters. The predicted octanol–water partition coefficient (Wildman–Crippen LogP) is 4.89. The third-order valence-electron chi connectivity index (χ3n) is 2.75. The summed E-state index contributed by atoms with van der Waals surface area (Å²) in [4.78, 5) is 0. The van der Waals surface area contributed by atoms with Crippen LogP contribution in [0, 0.1) is 0 Å². The summed E-state index contributed by atoms with van der Waals surface area (Å²) < 4.78 is 37.6. The fourth-order valence-electron chi connectivity index (χ4n) is 1.90. The maximum Gasteiger partial charge on any atom is 0.394 e. The van der Waals surface area contributed by atoms with Crippen molar-refractivity contribution in [2.75, 3.05) is 0 Å². The number of ether oxygens (including phenoxy) is 1. The zero-order valence-corrected chi connectivity index (χ0v) is 14.3. The Kier molecular flexibility index (Phi) is 7.91. The summed E-state index contributed by atoms with van der Waals surface area (Å²) in [6.07, 6.45) is 8.13. The van der Waals surface area contributed by atoms with Crippen molar-refractivity contribution in [3.8, 4) is 11.5 Å². The lowest BCUT2D eigenvalue weighted by Gasteiger charge is -2.11. The molecule has 0 amide bonds. The summed E-state index contributed by atoms with van der Waals surface area (Å²) in [5, 5.41) is 0. The van der Waals surface area contributed by atoms with Crippen molar-refractivity contribution >= 4 is 22.6 Å². The molecule has 0 radical (unpaired) electrons. The lowest BCUT2D eigenvalue weighted by Crippen LogP contribution is -1.89. The van der Waals surface area contributed by atoms with Crippen LogP contribution in [0.5, 0.6) is 11.5 Å². The van der Waals surface area contributed by atoms with Crippen LogP contribution in [-0.2, 0) is 10.4 Å². The molecule has 0 saturated heterocycles. The van der Waals surface area contributed by atoms with Gasteiger partial charge in [0.25, 0.3) is 0 Å². The Bertz CT molecular complexity index is 746. The van der Waals surface area contributed by atoms with Crippen molar-refractivity contribution in [2.24, 2.45) is 0 Å².